The van der Waals surface area contributed by atoms with E-state index in [1.165, 1.54) is 0 Å². The summed E-state index contributed by atoms with van der Waals surface area (Å²) in [6.45, 7) is 6.13. The van der Waals surface area contributed by atoms with E-state index in [0.717, 1.165) is 24.1 Å². The number of H-pyrrole nitrogens is 1. The number of benzene rings is 1. The second-order valence-electron chi connectivity index (χ2n) is 5.32. The zero-order valence-corrected chi connectivity index (χ0v) is 13.4. The Kier molecular flexibility index (Phi) is 4.67. The highest BCUT2D eigenvalue weighted by Gasteiger charge is 2.16. The van der Waals surface area contributed by atoms with Crippen LogP contribution in [0.3, 0.4) is 0 Å². The van der Waals surface area contributed by atoms with Crippen LogP contribution < -0.4 is 4.72 Å². The zero-order chi connectivity index (χ0) is 15.5. The van der Waals surface area contributed by atoms with Crippen LogP contribution >= 0.6 is 0 Å². The fraction of sp³-hybridized carbons (Fsp3) is 0.400. The van der Waals surface area contributed by atoms with Crippen LogP contribution in [0.2, 0.25) is 0 Å². The molecule has 0 radical (unpaired) electrons. The second kappa shape index (κ2) is 6.30. The number of nitrogens with one attached hydrogen (secondary N) is 2. The monoisotopic (exact) mass is 307 g/mol. The molecule has 0 amide bonds. The first-order valence-corrected chi connectivity index (χ1v) is 8.55. The minimum atomic E-state index is -3.59. The largest absolute Gasteiger partial charge is 0.280 e. The van der Waals surface area contributed by atoms with Crippen molar-refractivity contribution in [2.75, 3.05) is 4.72 Å². The number of aromatic amines is 1. The standard InChI is InChI=1S/C15H21N3O2S/c1-4-5-12(3)14-10-15(17-16-14)18-21(19,20)13-8-6-11(2)7-9-13/h6-10,12H,4-5H2,1-3H3,(H2,16,17,18)/t12-/m0/s1. The van der Waals surface area contributed by atoms with Crippen molar-refractivity contribution in [3.8, 4) is 0 Å². The molecule has 0 aliphatic rings. The molecule has 0 bridgehead atoms. The smallest absolute Gasteiger partial charge is 0.263 e. The van der Waals surface area contributed by atoms with Gasteiger partial charge in [-0.1, -0.05) is 38.0 Å². The number of nitrogens with zero attached hydrogens (tertiary/aromatic N) is 1. The summed E-state index contributed by atoms with van der Waals surface area (Å²) in [5, 5.41) is 6.93. The van der Waals surface area contributed by atoms with Gasteiger partial charge in [0.05, 0.1) is 4.90 Å². The Hall–Kier alpha value is -1.82. The summed E-state index contributed by atoms with van der Waals surface area (Å²) in [5.41, 5.74) is 1.96. The molecule has 1 aromatic carbocycles. The third-order valence-electron chi connectivity index (χ3n) is 3.42. The first-order valence-electron chi connectivity index (χ1n) is 7.07. The maximum absolute atomic E-state index is 12.3. The average Bonchev–Trinajstić information content (AvgIpc) is 2.87. The summed E-state index contributed by atoms with van der Waals surface area (Å²) in [7, 11) is -3.59. The molecule has 0 fully saturated rings. The van der Waals surface area contributed by atoms with Crippen molar-refractivity contribution < 1.29 is 8.42 Å². The fourth-order valence-corrected chi connectivity index (χ4v) is 3.14. The molecule has 2 aromatic rings. The lowest BCUT2D eigenvalue weighted by molar-refractivity contribution is 0.601. The lowest BCUT2D eigenvalue weighted by Gasteiger charge is -2.06. The third-order valence-corrected chi connectivity index (χ3v) is 4.79. The zero-order valence-electron chi connectivity index (χ0n) is 12.6. The summed E-state index contributed by atoms with van der Waals surface area (Å²) in [6, 6.07) is 8.48. The van der Waals surface area contributed by atoms with Crippen LogP contribution in [-0.2, 0) is 10.0 Å². The van der Waals surface area contributed by atoms with Crippen molar-refractivity contribution in [1.29, 1.82) is 0 Å². The van der Waals surface area contributed by atoms with Crippen molar-refractivity contribution in [2.45, 2.75) is 44.4 Å². The van der Waals surface area contributed by atoms with Crippen LogP contribution in [0.5, 0.6) is 0 Å². The van der Waals surface area contributed by atoms with Crippen molar-refractivity contribution in [2.24, 2.45) is 0 Å². The number of rotatable bonds is 6. The molecule has 21 heavy (non-hydrogen) atoms. The van der Waals surface area contributed by atoms with Gasteiger partial charge in [-0.15, -0.1) is 0 Å². The number of anilines is 1. The van der Waals surface area contributed by atoms with Crippen molar-refractivity contribution in [3.63, 3.8) is 0 Å². The van der Waals surface area contributed by atoms with E-state index in [1.807, 2.05) is 6.92 Å². The topological polar surface area (TPSA) is 74.8 Å². The Balaban J connectivity index is 2.15. The molecule has 6 heteroatoms. The molecule has 0 aliphatic carbocycles. The van der Waals surface area contributed by atoms with Crippen LogP contribution in [0.15, 0.2) is 35.2 Å². The maximum atomic E-state index is 12.3. The van der Waals surface area contributed by atoms with E-state index in [2.05, 4.69) is 28.8 Å². The minimum absolute atomic E-state index is 0.235. The van der Waals surface area contributed by atoms with Gasteiger partial charge in [0.2, 0.25) is 0 Å². The number of aromatic nitrogens is 2. The van der Waals surface area contributed by atoms with E-state index in [-0.39, 0.29) is 4.90 Å². The molecule has 0 spiro atoms. The van der Waals surface area contributed by atoms with Gasteiger partial charge in [-0.3, -0.25) is 9.82 Å². The fourth-order valence-electron chi connectivity index (χ4n) is 2.14. The molecule has 1 aromatic heterocycles. The van der Waals surface area contributed by atoms with Crippen LogP contribution in [0.4, 0.5) is 5.82 Å². The predicted octanol–water partition coefficient (Wildman–Crippen LogP) is 3.42. The van der Waals surface area contributed by atoms with Gasteiger partial charge in [-0.2, -0.15) is 5.10 Å². The van der Waals surface area contributed by atoms with E-state index >= 15 is 0 Å². The van der Waals surface area contributed by atoms with Gasteiger partial charge in [0.1, 0.15) is 0 Å². The van der Waals surface area contributed by atoms with E-state index in [9.17, 15) is 8.42 Å². The quantitative estimate of drug-likeness (QED) is 0.858. The van der Waals surface area contributed by atoms with Gasteiger partial charge in [0.15, 0.2) is 5.82 Å². The average molecular weight is 307 g/mol. The first kappa shape index (κ1) is 15.6. The van der Waals surface area contributed by atoms with Crippen molar-refractivity contribution in [3.05, 3.63) is 41.6 Å². The van der Waals surface area contributed by atoms with Gasteiger partial charge < -0.3 is 0 Å². The Labute approximate surface area is 125 Å². The molecule has 0 saturated heterocycles. The van der Waals surface area contributed by atoms with Gasteiger partial charge >= 0.3 is 0 Å². The van der Waals surface area contributed by atoms with E-state index in [1.54, 1.807) is 30.3 Å². The highest BCUT2D eigenvalue weighted by Crippen LogP contribution is 2.22. The normalized spacial score (nSPS) is 13.1. The predicted molar refractivity (Wildman–Crippen MR) is 83.9 cm³/mol. The molecule has 2 N–H and O–H groups in total. The SMILES string of the molecule is CCC[C@H](C)c1cc(NS(=O)(=O)c2ccc(C)cc2)n[nH]1. The number of aryl methyl sites for hydroxylation is 1. The summed E-state index contributed by atoms with van der Waals surface area (Å²) >= 11 is 0. The molecule has 0 unspecified atom stereocenters. The molecular formula is C15H21N3O2S. The molecule has 0 aliphatic heterocycles. The summed E-state index contributed by atoms with van der Waals surface area (Å²) in [6.07, 6.45) is 2.11. The van der Waals surface area contributed by atoms with Crippen molar-refractivity contribution in [1.82, 2.24) is 10.2 Å². The van der Waals surface area contributed by atoms with Gasteiger partial charge in [-0.05, 0) is 31.4 Å². The molecule has 2 rings (SSSR count). The van der Waals surface area contributed by atoms with Gasteiger partial charge in [0.25, 0.3) is 10.0 Å². The van der Waals surface area contributed by atoms with E-state index in [0.29, 0.717) is 11.7 Å². The van der Waals surface area contributed by atoms with Crippen LogP contribution in [0.25, 0.3) is 0 Å². The molecule has 1 heterocycles. The Morgan fingerprint density at radius 1 is 1.29 bits per heavy atom. The lowest BCUT2D eigenvalue weighted by Crippen LogP contribution is -2.13. The van der Waals surface area contributed by atoms with Crippen LogP contribution in [-0.4, -0.2) is 18.6 Å². The second-order valence-corrected chi connectivity index (χ2v) is 7.00. The third kappa shape index (κ3) is 3.85. The molecule has 5 nitrogen and oxygen atoms in total. The Morgan fingerprint density at radius 2 is 1.95 bits per heavy atom. The van der Waals surface area contributed by atoms with Crippen LogP contribution in [0.1, 0.15) is 43.9 Å². The maximum Gasteiger partial charge on any atom is 0.263 e. The number of sulfonamides is 1. The minimum Gasteiger partial charge on any atom is -0.280 e. The van der Waals surface area contributed by atoms with Gasteiger partial charge in [0, 0.05) is 11.8 Å². The lowest BCUT2D eigenvalue weighted by atomic mass is 10.0. The molecule has 0 saturated carbocycles. The van der Waals surface area contributed by atoms with Crippen LogP contribution in [0, 0.1) is 6.92 Å². The van der Waals surface area contributed by atoms with E-state index in [4.69, 9.17) is 0 Å². The number of hydrogen-bond acceptors (Lipinski definition) is 3. The molecular weight excluding hydrogens is 286 g/mol. The summed E-state index contributed by atoms with van der Waals surface area (Å²) in [5.74, 6) is 0.661. The highest BCUT2D eigenvalue weighted by molar-refractivity contribution is 7.92. The Morgan fingerprint density at radius 3 is 2.57 bits per heavy atom. The Bertz CT molecular complexity index is 690. The molecule has 114 valence electrons. The molecule has 1 atom stereocenters. The van der Waals surface area contributed by atoms with E-state index < -0.39 is 10.0 Å². The van der Waals surface area contributed by atoms with Gasteiger partial charge in [-0.25, -0.2) is 8.42 Å². The van der Waals surface area contributed by atoms with Crippen molar-refractivity contribution >= 4 is 15.8 Å². The number of hydrogen-bond donors (Lipinski definition) is 2. The first-order chi connectivity index (χ1) is 9.92. The highest BCUT2D eigenvalue weighted by atomic mass is 32.2. The summed E-state index contributed by atoms with van der Waals surface area (Å²) < 4.78 is 27.0. The summed E-state index contributed by atoms with van der Waals surface area (Å²) in [4.78, 5) is 0.235.